The highest BCUT2D eigenvalue weighted by atomic mass is 16.6. The molecule has 3 N–H and O–H groups in total. The topological polar surface area (TPSA) is 144 Å². The molecule has 0 aliphatic carbocycles. The molecule has 10 heteroatoms. The molecule has 0 unspecified atom stereocenters. The van der Waals surface area contributed by atoms with Gasteiger partial charge in [0.15, 0.2) is 0 Å². The smallest absolute Gasteiger partial charge is 0.305 e. The standard InChI is InChI=1S/C28H41NO9/c1-16(7-10-24-27(34)28(15-35-28)14-21(38-24)13-26(32)33)6-9-23-17(2)12-22(19(4)37-23)29-25(31)11-8-18(3)36-20(5)30/h6-8,10-11,17-19,21-24,27,34H,9,12-15H2,1-5H3,(H,29,31)(H,32,33)/t17-,18-,19+,21+,22+,23-,24+,27+,28+/m0/s1. The number of carboxylic acid groups (broad SMARTS) is 1. The fraction of sp³-hybridized carbons (Fsp3) is 0.679. The molecule has 3 heterocycles. The van der Waals surface area contributed by atoms with E-state index in [0.29, 0.717) is 19.4 Å². The van der Waals surface area contributed by atoms with E-state index >= 15 is 0 Å². The van der Waals surface area contributed by atoms with Crippen LogP contribution in [0, 0.1) is 5.92 Å². The zero-order valence-corrected chi connectivity index (χ0v) is 22.8. The maximum atomic E-state index is 12.3. The van der Waals surface area contributed by atoms with Gasteiger partial charge in [-0.15, -0.1) is 0 Å². The molecule has 212 valence electrons. The van der Waals surface area contributed by atoms with Crippen LogP contribution in [0.3, 0.4) is 0 Å². The molecule has 1 spiro atoms. The van der Waals surface area contributed by atoms with E-state index in [2.05, 4.69) is 18.3 Å². The maximum Gasteiger partial charge on any atom is 0.305 e. The van der Waals surface area contributed by atoms with Gasteiger partial charge in [-0.1, -0.05) is 30.7 Å². The second-order valence-electron chi connectivity index (χ2n) is 10.7. The number of rotatable bonds is 10. The number of amides is 1. The molecule has 0 radical (unpaired) electrons. The predicted octanol–water partition coefficient (Wildman–Crippen LogP) is 2.45. The van der Waals surface area contributed by atoms with Crippen LogP contribution in [0.5, 0.6) is 0 Å². The van der Waals surface area contributed by atoms with E-state index < -0.39 is 42.0 Å². The first-order valence-corrected chi connectivity index (χ1v) is 13.2. The van der Waals surface area contributed by atoms with Crippen LogP contribution in [0.2, 0.25) is 0 Å². The minimum atomic E-state index is -0.941. The van der Waals surface area contributed by atoms with Crippen molar-refractivity contribution in [2.75, 3.05) is 6.61 Å². The Morgan fingerprint density at radius 1 is 1.18 bits per heavy atom. The molecule has 0 bridgehead atoms. The van der Waals surface area contributed by atoms with Gasteiger partial charge in [0.1, 0.15) is 23.9 Å². The van der Waals surface area contributed by atoms with Crippen LogP contribution in [0.15, 0.2) is 36.0 Å². The van der Waals surface area contributed by atoms with Gasteiger partial charge in [0, 0.05) is 19.4 Å². The summed E-state index contributed by atoms with van der Waals surface area (Å²) in [6.45, 7) is 9.41. The lowest BCUT2D eigenvalue weighted by molar-refractivity contribution is -0.155. The van der Waals surface area contributed by atoms with E-state index in [1.54, 1.807) is 19.1 Å². The van der Waals surface area contributed by atoms with Gasteiger partial charge in [-0.05, 0) is 45.6 Å². The van der Waals surface area contributed by atoms with Crippen molar-refractivity contribution in [3.05, 3.63) is 36.0 Å². The van der Waals surface area contributed by atoms with E-state index in [0.717, 1.165) is 12.0 Å². The molecule has 0 aromatic heterocycles. The van der Waals surface area contributed by atoms with Crippen molar-refractivity contribution in [1.29, 1.82) is 0 Å². The zero-order valence-electron chi connectivity index (χ0n) is 22.8. The van der Waals surface area contributed by atoms with Crippen LogP contribution in [0.4, 0.5) is 0 Å². The summed E-state index contributed by atoms with van der Waals surface area (Å²) in [7, 11) is 0. The number of carbonyl (C=O) groups excluding carboxylic acids is 2. The third-order valence-corrected chi connectivity index (χ3v) is 7.33. The minimum Gasteiger partial charge on any atom is -0.481 e. The van der Waals surface area contributed by atoms with Gasteiger partial charge in [-0.2, -0.15) is 0 Å². The van der Waals surface area contributed by atoms with E-state index in [4.69, 9.17) is 24.1 Å². The van der Waals surface area contributed by atoms with Crippen molar-refractivity contribution in [3.8, 4) is 0 Å². The summed E-state index contributed by atoms with van der Waals surface area (Å²) in [5, 5.41) is 22.8. The molecule has 38 heavy (non-hydrogen) atoms. The Kier molecular flexibility index (Phi) is 10.3. The number of allylic oxidation sites excluding steroid dienone is 2. The molecule has 3 saturated heterocycles. The molecule has 1 amide bonds. The van der Waals surface area contributed by atoms with Crippen LogP contribution in [0.1, 0.15) is 60.3 Å². The van der Waals surface area contributed by atoms with Crippen molar-refractivity contribution in [2.45, 2.75) is 109 Å². The summed E-state index contributed by atoms with van der Waals surface area (Å²) in [5.41, 5.74) is 0.271. The van der Waals surface area contributed by atoms with Crippen LogP contribution >= 0.6 is 0 Å². The number of epoxide rings is 1. The van der Waals surface area contributed by atoms with Crippen molar-refractivity contribution in [2.24, 2.45) is 5.92 Å². The highest BCUT2D eigenvalue weighted by Gasteiger charge is 2.58. The number of hydrogen-bond donors (Lipinski definition) is 3. The van der Waals surface area contributed by atoms with Crippen LogP contribution in [0.25, 0.3) is 0 Å². The summed E-state index contributed by atoms with van der Waals surface area (Å²) in [5.74, 6) is -1.39. The number of nitrogens with one attached hydrogen (secondary N) is 1. The van der Waals surface area contributed by atoms with Crippen LogP contribution < -0.4 is 5.32 Å². The third kappa shape index (κ3) is 8.49. The Balaban J connectivity index is 1.49. The van der Waals surface area contributed by atoms with E-state index in [1.807, 2.05) is 19.9 Å². The normalized spacial score (nSPS) is 36.4. The molecule has 3 aliphatic heterocycles. The number of aliphatic carboxylic acids is 1. The highest BCUT2D eigenvalue weighted by molar-refractivity contribution is 5.87. The molecular formula is C28H41NO9. The first kappa shape index (κ1) is 30.0. The van der Waals surface area contributed by atoms with Crippen LogP contribution in [-0.4, -0.2) is 82.9 Å². The van der Waals surface area contributed by atoms with E-state index in [9.17, 15) is 19.5 Å². The molecule has 3 rings (SSSR count). The van der Waals surface area contributed by atoms with Gasteiger partial charge in [-0.25, -0.2) is 0 Å². The zero-order chi connectivity index (χ0) is 28.0. The summed E-state index contributed by atoms with van der Waals surface area (Å²) in [6, 6.07) is -0.131. The quantitative estimate of drug-likeness (QED) is 0.166. The fourth-order valence-corrected chi connectivity index (χ4v) is 5.08. The number of aliphatic hydroxyl groups is 1. The summed E-state index contributed by atoms with van der Waals surface area (Å²) in [6.07, 6.45) is 7.67. The van der Waals surface area contributed by atoms with Gasteiger partial charge < -0.3 is 34.5 Å². The average Bonchev–Trinajstić information content (AvgIpc) is 3.59. The Morgan fingerprint density at radius 2 is 1.89 bits per heavy atom. The lowest BCUT2D eigenvalue weighted by atomic mass is 9.87. The molecule has 10 nitrogen and oxygen atoms in total. The Bertz CT molecular complexity index is 954. The number of esters is 1. The Labute approximate surface area is 224 Å². The maximum absolute atomic E-state index is 12.3. The van der Waals surface area contributed by atoms with Gasteiger partial charge >= 0.3 is 11.9 Å². The predicted molar refractivity (Wildman–Crippen MR) is 138 cm³/mol. The van der Waals surface area contributed by atoms with E-state index in [-0.39, 0.29) is 36.5 Å². The summed E-state index contributed by atoms with van der Waals surface area (Å²) in [4.78, 5) is 34.4. The lowest BCUT2D eigenvalue weighted by Crippen LogP contribution is -2.50. The van der Waals surface area contributed by atoms with Gasteiger partial charge in [0.25, 0.3) is 0 Å². The number of aliphatic hydroxyl groups excluding tert-OH is 1. The molecule has 0 saturated carbocycles. The molecule has 0 aromatic carbocycles. The molecule has 9 atom stereocenters. The van der Waals surface area contributed by atoms with Gasteiger partial charge in [-0.3, -0.25) is 14.4 Å². The fourth-order valence-electron chi connectivity index (χ4n) is 5.08. The number of carbonyl (C=O) groups is 3. The number of carboxylic acids is 1. The second-order valence-corrected chi connectivity index (χ2v) is 10.7. The number of ether oxygens (including phenoxy) is 4. The first-order chi connectivity index (χ1) is 17.9. The van der Waals surface area contributed by atoms with Gasteiger partial charge in [0.05, 0.1) is 37.4 Å². The Hall–Kier alpha value is -2.53. The minimum absolute atomic E-state index is 0.0133. The molecule has 0 aromatic rings. The van der Waals surface area contributed by atoms with Crippen molar-refractivity contribution in [1.82, 2.24) is 5.32 Å². The third-order valence-electron chi connectivity index (χ3n) is 7.33. The largest absolute Gasteiger partial charge is 0.481 e. The number of hydrogen-bond acceptors (Lipinski definition) is 8. The summed E-state index contributed by atoms with van der Waals surface area (Å²) < 4.78 is 22.5. The van der Waals surface area contributed by atoms with Crippen molar-refractivity contribution >= 4 is 17.8 Å². The van der Waals surface area contributed by atoms with Crippen LogP contribution in [-0.2, 0) is 33.3 Å². The van der Waals surface area contributed by atoms with Crippen molar-refractivity contribution < 1.29 is 43.5 Å². The molecule has 3 aliphatic rings. The summed E-state index contributed by atoms with van der Waals surface area (Å²) >= 11 is 0. The Morgan fingerprint density at radius 3 is 2.53 bits per heavy atom. The van der Waals surface area contributed by atoms with Crippen molar-refractivity contribution in [3.63, 3.8) is 0 Å². The monoisotopic (exact) mass is 535 g/mol. The lowest BCUT2D eigenvalue weighted by Gasteiger charge is -2.39. The average molecular weight is 536 g/mol. The molecular weight excluding hydrogens is 494 g/mol. The highest BCUT2D eigenvalue weighted by Crippen LogP contribution is 2.43. The SMILES string of the molecule is CC(=O)O[C@@H](C)C=CC(=O)N[C@@H]1C[C@H](C)[C@H](CC=C(C)C=C[C@H]2O[C@H](CC(=O)O)C[C@@]3(CO3)[C@@H]2O)O[C@@H]1C. The second kappa shape index (κ2) is 13.0. The first-order valence-electron chi connectivity index (χ1n) is 13.2. The molecule has 3 fully saturated rings. The van der Waals surface area contributed by atoms with Gasteiger partial charge in [0.2, 0.25) is 5.91 Å². The van der Waals surface area contributed by atoms with E-state index in [1.165, 1.54) is 13.0 Å².